The van der Waals surface area contributed by atoms with Crippen LogP contribution in [-0.2, 0) is 0 Å². The molecule has 0 atom stereocenters. The maximum atomic E-state index is 12.6. The minimum absolute atomic E-state index is 0.0536. The van der Waals surface area contributed by atoms with Crippen LogP contribution in [0.3, 0.4) is 0 Å². The SMILES string of the molecule is COc1c(OCC=C(C)CCC=C(C)C)c(=O)oc2cccc(OCC=C(C)CCC=C(C)C)c12. The molecule has 1 heterocycles. The average molecular weight is 481 g/mol. The molecule has 2 aromatic rings. The smallest absolute Gasteiger partial charge is 0.383 e. The molecule has 0 bridgehead atoms. The fourth-order valence-corrected chi connectivity index (χ4v) is 3.53. The monoisotopic (exact) mass is 480 g/mol. The summed E-state index contributed by atoms with van der Waals surface area (Å²) < 4.78 is 23.0. The molecule has 0 saturated carbocycles. The van der Waals surface area contributed by atoms with E-state index in [1.807, 2.05) is 12.1 Å². The van der Waals surface area contributed by atoms with Crippen LogP contribution in [0.25, 0.3) is 11.0 Å². The fraction of sp³-hybridized carbons (Fsp3) is 0.433. The van der Waals surface area contributed by atoms with E-state index in [2.05, 4.69) is 59.8 Å². The Morgan fingerprint density at radius 3 is 1.91 bits per heavy atom. The minimum Gasteiger partial charge on any atom is -0.492 e. The largest absolute Gasteiger partial charge is 0.492 e. The Morgan fingerprint density at radius 2 is 1.37 bits per heavy atom. The van der Waals surface area contributed by atoms with Crippen LogP contribution in [0.4, 0.5) is 0 Å². The Bertz CT molecular complexity index is 1150. The predicted octanol–water partition coefficient (Wildman–Crippen LogP) is 7.94. The van der Waals surface area contributed by atoms with Crippen molar-refractivity contribution in [3.8, 4) is 17.2 Å². The molecule has 0 radical (unpaired) electrons. The maximum absolute atomic E-state index is 12.6. The molecule has 190 valence electrons. The van der Waals surface area contributed by atoms with Crippen LogP contribution < -0.4 is 19.8 Å². The Kier molecular flexibility index (Phi) is 11.4. The van der Waals surface area contributed by atoms with Crippen molar-refractivity contribution in [2.24, 2.45) is 0 Å². The molecule has 0 amide bonds. The van der Waals surface area contributed by atoms with E-state index >= 15 is 0 Å². The van der Waals surface area contributed by atoms with Crippen molar-refractivity contribution in [3.63, 3.8) is 0 Å². The van der Waals surface area contributed by atoms with E-state index in [1.165, 1.54) is 29.4 Å². The normalized spacial score (nSPS) is 11.9. The molecule has 0 spiro atoms. The number of hydrogen-bond donors (Lipinski definition) is 0. The molecular weight excluding hydrogens is 440 g/mol. The van der Waals surface area contributed by atoms with Gasteiger partial charge in [0.15, 0.2) is 5.75 Å². The summed E-state index contributed by atoms with van der Waals surface area (Å²) in [6, 6.07) is 5.36. The highest BCUT2D eigenvalue weighted by molar-refractivity contribution is 5.91. The maximum Gasteiger partial charge on any atom is 0.383 e. The van der Waals surface area contributed by atoms with E-state index in [4.69, 9.17) is 18.6 Å². The highest BCUT2D eigenvalue weighted by Gasteiger charge is 2.20. The Balaban J connectivity index is 2.21. The van der Waals surface area contributed by atoms with Gasteiger partial charge in [-0.3, -0.25) is 0 Å². The van der Waals surface area contributed by atoms with Gasteiger partial charge in [-0.05, 0) is 91.5 Å². The van der Waals surface area contributed by atoms with Gasteiger partial charge in [0, 0.05) is 0 Å². The molecule has 0 aliphatic carbocycles. The van der Waals surface area contributed by atoms with Crippen LogP contribution in [-0.4, -0.2) is 20.3 Å². The summed E-state index contributed by atoms with van der Waals surface area (Å²) in [5.74, 6) is 0.958. The van der Waals surface area contributed by atoms with Gasteiger partial charge in [0.2, 0.25) is 5.75 Å². The summed E-state index contributed by atoms with van der Waals surface area (Å²) in [4.78, 5) is 12.6. The van der Waals surface area contributed by atoms with Gasteiger partial charge in [0.05, 0.1) is 7.11 Å². The van der Waals surface area contributed by atoms with Crippen LogP contribution in [0.1, 0.15) is 67.2 Å². The lowest BCUT2D eigenvalue weighted by Gasteiger charge is -2.14. The number of methoxy groups -OCH3 is 1. The summed E-state index contributed by atoms with van der Waals surface area (Å²) in [5, 5.41) is 0.587. The lowest BCUT2D eigenvalue weighted by molar-refractivity contribution is 0.307. The summed E-state index contributed by atoms with van der Waals surface area (Å²) in [7, 11) is 1.52. The third-order valence-electron chi connectivity index (χ3n) is 5.53. The standard InChI is InChI=1S/C30H40O5/c1-21(2)11-8-13-23(5)17-19-33-25-15-10-16-26-27(25)28(32-7)29(30(31)35-26)34-20-18-24(6)14-9-12-22(3)4/h10-12,15-18H,8-9,13-14,19-20H2,1-7H3. The average Bonchev–Trinajstić information content (AvgIpc) is 2.79. The number of fused-ring (bicyclic) bond motifs is 1. The molecule has 2 rings (SSSR count). The number of rotatable bonds is 13. The molecule has 5 heteroatoms. The van der Waals surface area contributed by atoms with Crippen LogP contribution in [0.15, 0.2) is 74.0 Å². The molecule has 0 unspecified atom stereocenters. The van der Waals surface area contributed by atoms with Gasteiger partial charge >= 0.3 is 5.63 Å². The van der Waals surface area contributed by atoms with E-state index in [-0.39, 0.29) is 12.4 Å². The van der Waals surface area contributed by atoms with Crippen molar-refractivity contribution >= 4 is 11.0 Å². The molecule has 5 nitrogen and oxygen atoms in total. The zero-order valence-corrected chi connectivity index (χ0v) is 22.3. The summed E-state index contributed by atoms with van der Waals surface area (Å²) >= 11 is 0. The predicted molar refractivity (Wildman–Crippen MR) is 145 cm³/mol. The zero-order chi connectivity index (χ0) is 25.8. The van der Waals surface area contributed by atoms with Crippen molar-refractivity contribution < 1.29 is 18.6 Å². The third kappa shape index (κ3) is 9.16. The Hall–Kier alpha value is -3.21. The molecule has 0 aliphatic rings. The summed E-state index contributed by atoms with van der Waals surface area (Å²) in [6.45, 7) is 13.2. The van der Waals surface area contributed by atoms with E-state index in [0.29, 0.717) is 29.1 Å². The molecule has 35 heavy (non-hydrogen) atoms. The summed E-state index contributed by atoms with van der Waals surface area (Å²) in [5.41, 5.74) is 4.91. The molecule has 0 fully saturated rings. The lowest BCUT2D eigenvalue weighted by Crippen LogP contribution is -2.10. The second-order valence-electron chi connectivity index (χ2n) is 9.24. The first-order valence-electron chi connectivity index (χ1n) is 12.2. The first kappa shape index (κ1) is 28.0. The van der Waals surface area contributed by atoms with Gasteiger partial charge in [-0.1, -0.05) is 40.5 Å². The highest BCUT2D eigenvalue weighted by Crippen LogP contribution is 2.38. The van der Waals surface area contributed by atoms with E-state index in [1.54, 1.807) is 12.1 Å². The molecular formula is C30H40O5. The van der Waals surface area contributed by atoms with Crippen molar-refractivity contribution in [2.45, 2.75) is 67.2 Å². The van der Waals surface area contributed by atoms with Gasteiger partial charge in [0.25, 0.3) is 0 Å². The van der Waals surface area contributed by atoms with Crippen molar-refractivity contribution in [2.75, 3.05) is 20.3 Å². The first-order chi connectivity index (χ1) is 16.7. The highest BCUT2D eigenvalue weighted by atomic mass is 16.5. The second-order valence-corrected chi connectivity index (χ2v) is 9.24. The minimum atomic E-state index is -0.572. The Labute approximate surface area is 209 Å². The molecule has 1 aromatic heterocycles. The van der Waals surface area contributed by atoms with Crippen molar-refractivity contribution in [1.82, 2.24) is 0 Å². The van der Waals surface area contributed by atoms with E-state index < -0.39 is 5.63 Å². The van der Waals surface area contributed by atoms with Gasteiger partial charge in [-0.25, -0.2) is 4.79 Å². The fourth-order valence-electron chi connectivity index (χ4n) is 3.53. The number of hydrogen-bond acceptors (Lipinski definition) is 5. The van der Waals surface area contributed by atoms with Gasteiger partial charge < -0.3 is 18.6 Å². The van der Waals surface area contributed by atoms with Crippen LogP contribution in [0.2, 0.25) is 0 Å². The Morgan fingerprint density at radius 1 is 0.800 bits per heavy atom. The topological polar surface area (TPSA) is 57.9 Å². The second kappa shape index (κ2) is 14.2. The number of ether oxygens (including phenoxy) is 3. The molecule has 0 N–H and O–H groups in total. The first-order valence-corrected chi connectivity index (χ1v) is 12.2. The van der Waals surface area contributed by atoms with E-state index in [0.717, 1.165) is 25.7 Å². The third-order valence-corrected chi connectivity index (χ3v) is 5.53. The van der Waals surface area contributed by atoms with Crippen LogP contribution in [0.5, 0.6) is 17.2 Å². The van der Waals surface area contributed by atoms with Gasteiger partial charge in [-0.15, -0.1) is 0 Å². The zero-order valence-electron chi connectivity index (χ0n) is 22.3. The number of benzene rings is 1. The van der Waals surface area contributed by atoms with Crippen molar-refractivity contribution in [3.05, 3.63) is 75.2 Å². The van der Waals surface area contributed by atoms with Crippen molar-refractivity contribution in [1.29, 1.82) is 0 Å². The number of allylic oxidation sites excluding steroid dienone is 6. The van der Waals surface area contributed by atoms with Crippen LogP contribution in [0, 0.1) is 0 Å². The van der Waals surface area contributed by atoms with Gasteiger partial charge in [0.1, 0.15) is 29.9 Å². The molecule has 0 aliphatic heterocycles. The quantitative estimate of drug-likeness (QED) is 0.215. The summed E-state index contributed by atoms with van der Waals surface area (Å²) in [6.07, 6.45) is 12.4. The molecule has 1 aromatic carbocycles. The van der Waals surface area contributed by atoms with Crippen LogP contribution >= 0.6 is 0 Å². The lowest BCUT2D eigenvalue weighted by atomic mass is 10.1. The molecule has 0 saturated heterocycles. The van der Waals surface area contributed by atoms with E-state index in [9.17, 15) is 4.79 Å². The van der Waals surface area contributed by atoms with Gasteiger partial charge in [-0.2, -0.15) is 0 Å².